The monoisotopic (exact) mass is 416 g/mol. The van der Waals surface area contributed by atoms with E-state index < -0.39 is 6.04 Å². The van der Waals surface area contributed by atoms with Crippen molar-refractivity contribution >= 4 is 11.8 Å². The summed E-state index contributed by atoms with van der Waals surface area (Å²) in [6.45, 7) is 7.67. The summed E-state index contributed by atoms with van der Waals surface area (Å²) in [4.78, 5) is 28.0. The van der Waals surface area contributed by atoms with Crippen LogP contribution in [0.2, 0.25) is 0 Å². The number of amides is 2. The van der Waals surface area contributed by atoms with Gasteiger partial charge in [-0.2, -0.15) is 0 Å². The van der Waals surface area contributed by atoms with E-state index in [4.69, 9.17) is 9.47 Å². The molecule has 30 heavy (non-hydrogen) atoms. The third-order valence-corrected chi connectivity index (χ3v) is 6.09. The Balaban J connectivity index is 1.58. The second kappa shape index (κ2) is 10.8. The zero-order chi connectivity index (χ0) is 21.5. The molecule has 0 spiro atoms. The number of rotatable bonds is 8. The van der Waals surface area contributed by atoms with E-state index in [2.05, 4.69) is 5.32 Å². The summed E-state index contributed by atoms with van der Waals surface area (Å²) < 4.78 is 11.8. The van der Waals surface area contributed by atoms with E-state index in [9.17, 15) is 9.59 Å². The molecular formula is C24H36N2O4. The number of hydrogen-bond acceptors (Lipinski definition) is 4. The minimum atomic E-state index is -0.556. The molecule has 1 heterocycles. The van der Waals surface area contributed by atoms with Crippen LogP contribution in [0.25, 0.3) is 0 Å². The van der Waals surface area contributed by atoms with Crippen molar-refractivity contribution < 1.29 is 19.1 Å². The van der Waals surface area contributed by atoms with Crippen LogP contribution in [0.3, 0.4) is 0 Å². The fourth-order valence-electron chi connectivity index (χ4n) is 4.37. The zero-order valence-corrected chi connectivity index (χ0v) is 18.6. The van der Waals surface area contributed by atoms with Gasteiger partial charge in [-0.25, -0.2) is 0 Å². The van der Waals surface area contributed by atoms with Crippen LogP contribution in [0.5, 0.6) is 5.75 Å². The molecule has 1 aliphatic heterocycles. The molecule has 0 aromatic heterocycles. The van der Waals surface area contributed by atoms with Gasteiger partial charge in [-0.3, -0.25) is 9.59 Å². The molecule has 1 aromatic carbocycles. The minimum absolute atomic E-state index is 0.00633. The fourth-order valence-corrected chi connectivity index (χ4v) is 4.37. The number of hydrogen-bond donors (Lipinski definition) is 1. The van der Waals surface area contributed by atoms with Crippen molar-refractivity contribution in [1.29, 1.82) is 0 Å². The van der Waals surface area contributed by atoms with Crippen LogP contribution in [0.15, 0.2) is 24.3 Å². The lowest BCUT2D eigenvalue weighted by atomic mass is 9.99. The Labute approximate surface area is 180 Å². The van der Waals surface area contributed by atoms with E-state index in [-0.39, 0.29) is 23.8 Å². The van der Waals surface area contributed by atoms with Crippen molar-refractivity contribution in [3.8, 4) is 5.75 Å². The molecule has 0 radical (unpaired) electrons. The summed E-state index contributed by atoms with van der Waals surface area (Å²) in [5.41, 5.74) is 0.460. The molecule has 3 rings (SSSR count). The Bertz CT molecular complexity index is 707. The third-order valence-electron chi connectivity index (χ3n) is 6.09. The van der Waals surface area contributed by atoms with E-state index in [0.29, 0.717) is 37.1 Å². The number of likely N-dealkylation sites (tertiary alicyclic amines) is 1. The van der Waals surface area contributed by atoms with Gasteiger partial charge in [-0.15, -0.1) is 0 Å². The third kappa shape index (κ3) is 5.75. The maximum absolute atomic E-state index is 13.2. The van der Waals surface area contributed by atoms with E-state index >= 15 is 0 Å². The molecule has 166 valence electrons. The first-order chi connectivity index (χ1) is 14.5. The highest BCUT2D eigenvalue weighted by Gasteiger charge is 2.33. The van der Waals surface area contributed by atoms with Gasteiger partial charge in [0.25, 0.3) is 5.91 Å². The Morgan fingerprint density at radius 3 is 2.33 bits per heavy atom. The molecule has 2 fully saturated rings. The van der Waals surface area contributed by atoms with Gasteiger partial charge in [0, 0.05) is 13.1 Å². The quantitative estimate of drug-likeness (QED) is 0.700. The number of carbonyl (C=O) groups excluding carboxylic acids is 2. The van der Waals surface area contributed by atoms with Crippen molar-refractivity contribution in [2.24, 2.45) is 5.92 Å². The molecule has 1 unspecified atom stereocenters. The summed E-state index contributed by atoms with van der Waals surface area (Å²) in [5, 5.41) is 2.96. The van der Waals surface area contributed by atoms with Gasteiger partial charge in [0.15, 0.2) is 0 Å². The molecule has 1 saturated carbocycles. The molecule has 2 aliphatic rings. The molecule has 1 N–H and O–H groups in total. The summed E-state index contributed by atoms with van der Waals surface area (Å²) >= 11 is 0. The van der Waals surface area contributed by atoms with Crippen LogP contribution >= 0.6 is 0 Å². The standard InChI is InChI=1S/C24H36N2O4/c1-4-29-21-12-8-7-11-20(21)23(27)25-22(17(2)3)24(28)26-15-13-19(14-16-26)30-18-9-5-6-10-18/h7-8,11-12,17-19,22H,4-6,9-10,13-16H2,1-3H3,(H,25,27). The van der Waals surface area contributed by atoms with Crippen LogP contribution in [-0.4, -0.2) is 54.7 Å². The maximum atomic E-state index is 13.2. The van der Waals surface area contributed by atoms with Gasteiger partial charge in [0.05, 0.1) is 24.4 Å². The fraction of sp³-hybridized carbons (Fsp3) is 0.667. The number of piperidine rings is 1. The predicted molar refractivity (Wildman–Crippen MR) is 117 cm³/mol. The number of nitrogens with one attached hydrogen (secondary N) is 1. The minimum Gasteiger partial charge on any atom is -0.493 e. The Morgan fingerprint density at radius 2 is 1.70 bits per heavy atom. The number of nitrogens with zero attached hydrogens (tertiary/aromatic N) is 1. The zero-order valence-electron chi connectivity index (χ0n) is 18.6. The van der Waals surface area contributed by atoms with Crippen LogP contribution in [-0.2, 0) is 9.53 Å². The lowest BCUT2D eigenvalue weighted by molar-refractivity contribution is -0.137. The molecule has 1 aromatic rings. The second-order valence-electron chi connectivity index (χ2n) is 8.69. The molecule has 6 nitrogen and oxygen atoms in total. The summed E-state index contributed by atoms with van der Waals surface area (Å²) in [5.74, 6) is 0.252. The molecule has 1 saturated heterocycles. The van der Waals surface area contributed by atoms with Crippen molar-refractivity contribution in [3.63, 3.8) is 0 Å². The van der Waals surface area contributed by atoms with Gasteiger partial charge >= 0.3 is 0 Å². The normalized spacial score (nSPS) is 19.1. The average molecular weight is 417 g/mol. The number of benzene rings is 1. The lowest BCUT2D eigenvalue weighted by Crippen LogP contribution is -2.53. The number of carbonyl (C=O) groups is 2. The molecule has 1 atom stereocenters. The van der Waals surface area contributed by atoms with E-state index in [1.807, 2.05) is 31.7 Å². The number of ether oxygens (including phenoxy) is 2. The van der Waals surface area contributed by atoms with Crippen molar-refractivity contribution in [2.45, 2.75) is 77.5 Å². The summed E-state index contributed by atoms with van der Waals surface area (Å²) in [7, 11) is 0. The Kier molecular flexibility index (Phi) is 8.14. The summed E-state index contributed by atoms with van der Waals surface area (Å²) in [6, 6.07) is 6.59. The highest BCUT2D eigenvalue weighted by molar-refractivity contribution is 5.99. The van der Waals surface area contributed by atoms with Gasteiger partial charge in [-0.1, -0.05) is 38.8 Å². The molecule has 6 heteroatoms. The second-order valence-corrected chi connectivity index (χ2v) is 8.69. The highest BCUT2D eigenvalue weighted by Crippen LogP contribution is 2.26. The van der Waals surface area contributed by atoms with Crippen LogP contribution in [0.1, 0.15) is 69.7 Å². The molecule has 2 amide bonds. The molecule has 1 aliphatic carbocycles. The Morgan fingerprint density at radius 1 is 1.07 bits per heavy atom. The average Bonchev–Trinajstić information content (AvgIpc) is 3.25. The van der Waals surface area contributed by atoms with E-state index in [1.165, 1.54) is 25.7 Å². The first-order valence-electron chi connectivity index (χ1n) is 11.5. The van der Waals surface area contributed by atoms with E-state index in [0.717, 1.165) is 12.8 Å². The molecule has 0 bridgehead atoms. The largest absolute Gasteiger partial charge is 0.493 e. The van der Waals surface area contributed by atoms with Gasteiger partial charge in [0.2, 0.25) is 5.91 Å². The first-order valence-corrected chi connectivity index (χ1v) is 11.5. The number of para-hydroxylation sites is 1. The van der Waals surface area contributed by atoms with Crippen LogP contribution in [0, 0.1) is 5.92 Å². The predicted octanol–water partition coefficient (Wildman–Crippen LogP) is 3.79. The lowest BCUT2D eigenvalue weighted by Gasteiger charge is -2.36. The maximum Gasteiger partial charge on any atom is 0.255 e. The van der Waals surface area contributed by atoms with Crippen molar-refractivity contribution in [2.75, 3.05) is 19.7 Å². The highest BCUT2D eigenvalue weighted by atomic mass is 16.5. The van der Waals surface area contributed by atoms with Crippen LogP contribution in [0.4, 0.5) is 0 Å². The smallest absolute Gasteiger partial charge is 0.255 e. The van der Waals surface area contributed by atoms with Gasteiger partial charge in [0.1, 0.15) is 11.8 Å². The topological polar surface area (TPSA) is 67.9 Å². The first kappa shape index (κ1) is 22.6. The van der Waals surface area contributed by atoms with E-state index in [1.54, 1.807) is 18.2 Å². The van der Waals surface area contributed by atoms with Gasteiger partial charge < -0.3 is 19.7 Å². The Hall–Kier alpha value is -2.08. The van der Waals surface area contributed by atoms with Crippen LogP contribution < -0.4 is 10.1 Å². The molecular weight excluding hydrogens is 380 g/mol. The SMILES string of the molecule is CCOc1ccccc1C(=O)NC(C(=O)N1CCC(OC2CCCC2)CC1)C(C)C. The van der Waals surface area contributed by atoms with Crippen molar-refractivity contribution in [1.82, 2.24) is 10.2 Å². The summed E-state index contributed by atoms with van der Waals surface area (Å²) in [6.07, 6.45) is 7.28. The van der Waals surface area contributed by atoms with Gasteiger partial charge in [-0.05, 0) is 50.7 Å². The van der Waals surface area contributed by atoms with Crippen molar-refractivity contribution in [3.05, 3.63) is 29.8 Å².